The Labute approximate surface area is 73.3 Å². The largest absolute Gasteiger partial charge is 0.396 e. The molecule has 0 rings (SSSR count). The maximum atomic E-state index is 8.70. The van der Waals surface area contributed by atoms with Crippen LogP contribution >= 0.6 is 0 Å². The SMILES string of the molecule is C.C.C.C.CCC(O)CCO. The van der Waals surface area contributed by atoms with Crippen LogP contribution in [0.1, 0.15) is 49.5 Å². The molecule has 0 saturated heterocycles. The molecule has 11 heavy (non-hydrogen) atoms. The van der Waals surface area contributed by atoms with Gasteiger partial charge in [0.15, 0.2) is 0 Å². The molecule has 0 aliphatic rings. The van der Waals surface area contributed by atoms with E-state index < -0.39 is 0 Å². The van der Waals surface area contributed by atoms with E-state index in [1.807, 2.05) is 6.92 Å². The van der Waals surface area contributed by atoms with Crippen LogP contribution in [-0.4, -0.2) is 22.9 Å². The van der Waals surface area contributed by atoms with Gasteiger partial charge in [0.05, 0.1) is 6.10 Å². The lowest BCUT2D eigenvalue weighted by molar-refractivity contribution is 0.129. The fraction of sp³-hybridized carbons (Fsp3) is 1.00. The molecule has 76 valence electrons. The minimum absolute atomic E-state index is 0. The lowest BCUT2D eigenvalue weighted by Gasteiger charge is -2.01. The maximum absolute atomic E-state index is 8.70. The fourth-order valence-electron chi connectivity index (χ4n) is 0.353. The minimum Gasteiger partial charge on any atom is -0.396 e. The Balaban J connectivity index is -0.0000000300. The van der Waals surface area contributed by atoms with Gasteiger partial charge in [0.2, 0.25) is 0 Å². The Kier molecular flexibility index (Phi) is 62.8. The average Bonchev–Trinajstić information content (AvgIpc) is 1.68. The van der Waals surface area contributed by atoms with Crippen molar-refractivity contribution in [1.82, 2.24) is 0 Å². The van der Waals surface area contributed by atoms with Crippen LogP contribution in [0.2, 0.25) is 0 Å². The first-order valence-electron chi connectivity index (χ1n) is 2.60. The molecule has 0 aromatic heterocycles. The molecule has 2 N–H and O–H groups in total. The molecule has 0 radical (unpaired) electrons. The summed E-state index contributed by atoms with van der Waals surface area (Å²) in [4.78, 5) is 0. The van der Waals surface area contributed by atoms with Crippen molar-refractivity contribution in [2.75, 3.05) is 6.61 Å². The Morgan fingerprint density at radius 2 is 1.45 bits per heavy atom. The van der Waals surface area contributed by atoms with E-state index in [0.29, 0.717) is 6.42 Å². The zero-order chi connectivity index (χ0) is 5.70. The molecule has 0 heterocycles. The van der Waals surface area contributed by atoms with E-state index in [1.165, 1.54) is 0 Å². The molecule has 0 aliphatic heterocycles. The third-order valence-corrected chi connectivity index (χ3v) is 0.934. The lowest BCUT2D eigenvalue weighted by atomic mass is 10.2. The predicted octanol–water partition coefficient (Wildman–Crippen LogP) is 2.68. The summed E-state index contributed by atoms with van der Waals surface area (Å²) in [6, 6.07) is 0. The normalized spacial score (nSPS) is 9.00. The van der Waals surface area contributed by atoms with E-state index >= 15 is 0 Å². The number of rotatable bonds is 3. The standard InChI is InChI=1S/C5H12O2.4CH4/c1-2-5(7)3-4-6;;;;/h5-7H,2-4H2,1H3;4*1H4. The second kappa shape index (κ2) is 22.5. The lowest BCUT2D eigenvalue weighted by Crippen LogP contribution is -2.05. The molecule has 0 aromatic carbocycles. The maximum Gasteiger partial charge on any atom is 0.0559 e. The van der Waals surface area contributed by atoms with E-state index in [4.69, 9.17) is 10.2 Å². The second-order valence-corrected chi connectivity index (χ2v) is 1.57. The third kappa shape index (κ3) is 25.7. The summed E-state index contributed by atoms with van der Waals surface area (Å²) >= 11 is 0. The third-order valence-electron chi connectivity index (χ3n) is 0.934. The quantitative estimate of drug-likeness (QED) is 0.680. The summed E-state index contributed by atoms with van der Waals surface area (Å²) in [5.74, 6) is 0. The molecule has 2 heteroatoms. The van der Waals surface area contributed by atoms with Gasteiger partial charge in [-0.3, -0.25) is 0 Å². The van der Waals surface area contributed by atoms with Crippen molar-refractivity contribution in [3.8, 4) is 0 Å². The van der Waals surface area contributed by atoms with Crippen molar-refractivity contribution in [1.29, 1.82) is 0 Å². The first-order valence-corrected chi connectivity index (χ1v) is 2.60. The van der Waals surface area contributed by atoms with Crippen LogP contribution in [0.3, 0.4) is 0 Å². The van der Waals surface area contributed by atoms with Gasteiger partial charge in [0.25, 0.3) is 0 Å². The molecule has 0 spiro atoms. The van der Waals surface area contributed by atoms with Crippen molar-refractivity contribution in [3.05, 3.63) is 0 Å². The van der Waals surface area contributed by atoms with Gasteiger partial charge in [-0.1, -0.05) is 36.6 Å². The van der Waals surface area contributed by atoms with Gasteiger partial charge in [-0.15, -0.1) is 0 Å². The summed E-state index contributed by atoms with van der Waals surface area (Å²) in [7, 11) is 0. The van der Waals surface area contributed by atoms with Crippen molar-refractivity contribution in [3.63, 3.8) is 0 Å². The molecule has 1 atom stereocenters. The van der Waals surface area contributed by atoms with Gasteiger partial charge in [-0.05, 0) is 12.8 Å². The summed E-state index contributed by atoms with van der Waals surface area (Å²) < 4.78 is 0. The number of hydrogen-bond acceptors (Lipinski definition) is 2. The summed E-state index contributed by atoms with van der Waals surface area (Å²) in [6.45, 7) is 1.98. The zero-order valence-corrected chi connectivity index (χ0v) is 4.59. The highest BCUT2D eigenvalue weighted by atomic mass is 16.3. The van der Waals surface area contributed by atoms with Gasteiger partial charge in [-0.2, -0.15) is 0 Å². The molecule has 1 unspecified atom stereocenters. The Hall–Kier alpha value is -0.0800. The molecule has 0 fully saturated rings. The summed E-state index contributed by atoms with van der Waals surface area (Å²) in [5, 5.41) is 16.9. The fourth-order valence-corrected chi connectivity index (χ4v) is 0.353. The first kappa shape index (κ1) is 30.7. The van der Waals surface area contributed by atoms with E-state index in [1.54, 1.807) is 0 Å². The second-order valence-electron chi connectivity index (χ2n) is 1.57. The van der Waals surface area contributed by atoms with E-state index in [2.05, 4.69) is 0 Å². The smallest absolute Gasteiger partial charge is 0.0559 e. The van der Waals surface area contributed by atoms with Crippen LogP contribution in [0, 0.1) is 0 Å². The average molecular weight is 168 g/mol. The topological polar surface area (TPSA) is 40.5 Å². The van der Waals surface area contributed by atoms with Gasteiger partial charge >= 0.3 is 0 Å². The van der Waals surface area contributed by atoms with Crippen LogP contribution in [0.15, 0.2) is 0 Å². The molecule has 0 bridgehead atoms. The first-order chi connectivity index (χ1) is 3.31. The predicted molar refractivity (Wildman–Crippen MR) is 54.9 cm³/mol. The highest BCUT2D eigenvalue weighted by Gasteiger charge is 1.95. The van der Waals surface area contributed by atoms with Gasteiger partial charge in [0.1, 0.15) is 0 Å². The van der Waals surface area contributed by atoms with Gasteiger partial charge < -0.3 is 10.2 Å². The highest BCUT2D eigenvalue weighted by molar-refractivity contribution is 4.47. The van der Waals surface area contributed by atoms with Gasteiger partial charge in [-0.25, -0.2) is 0 Å². The molecular formula is C9H28O2. The molecule has 0 aromatic rings. The zero-order valence-electron chi connectivity index (χ0n) is 4.59. The molecule has 0 amide bonds. The summed E-state index contributed by atoms with van der Waals surface area (Å²) in [5.41, 5.74) is 0. The number of aliphatic hydroxyl groups excluding tert-OH is 2. The molecule has 0 saturated carbocycles. The Morgan fingerprint density at radius 1 is 1.09 bits per heavy atom. The van der Waals surface area contributed by atoms with Crippen molar-refractivity contribution in [2.24, 2.45) is 0 Å². The van der Waals surface area contributed by atoms with Gasteiger partial charge in [0, 0.05) is 6.61 Å². The van der Waals surface area contributed by atoms with Crippen molar-refractivity contribution in [2.45, 2.75) is 55.6 Å². The van der Waals surface area contributed by atoms with E-state index in [9.17, 15) is 0 Å². The molecular weight excluding hydrogens is 140 g/mol. The minimum atomic E-state index is -0.301. The monoisotopic (exact) mass is 168 g/mol. The van der Waals surface area contributed by atoms with Crippen LogP contribution in [0.4, 0.5) is 0 Å². The number of aliphatic hydroxyl groups is 2. The highest BCUT2D eigenvalue weighted by Crippen LogP contribution is 1.92. The van der Waals surface area contributed by atoms with Crippen molar-refractivity contribution < 1.29 is 10.2 Å². The molecule has 2 nitrogen and oxygen atoms in total. The number of hydrogen-bond donors (Lipinski definition) is 2. The van der Waals surface area contributed by atoms with Crippen LogP contribution < -0.4 is 0 Å². The molecule has 0 aliphatic carbocycles. The van der Waals surface area contributed by atoms with E-state index in [0.717, 1.165) is 6.42 Å². The van der Waals surface area contributed by atoms with Crippen molar-refractivity contribution >= 4 is 0 Å². The Bertz CT molecular complexity index is 38.5. The van der Waals surface area contributed by atoms with E-state index in [-0.39, 0.29) is 42.4 Å². The van der Waals surface area contributed by atoms with Crippen LogP contribution in [-0.2, 0) is 0 Å². The van der Waals surface area contributed by atoms with Crippen LogP contribution in [0.25, 0.3) is 0 Å². The van der Waals surface area contributed by atoms with Crippen LogP contribution in [0.5, 0.6) is 0 Å². The summed E-state index contributed by atoms with van der Waals surface area (Å²) in [6.07, 6.45) is 0.946. The Morgan fingerprint density at radius 3 is 1.55 bits per heavy atom.